The van der Waals surface area contributed by atoms with Crippen LogP contribution in [-0.2, 0) is 4.79 Å². The molecular weight excluding hydrogens is 362 g/mol. The third-order valence-corrected chi connectivity index (χ3v) is 4.93. The van der Waals surface area contributed by atoms with Crippen LogP contribution in [0.3, 0.4) is 0 Å². The summed E-state index contributed by atoms with van der Waals surface area (Å²) in [4.78, 5) is 28.0. The highest BCUT2D eigenvalue weighted by molar-refractivity contribution is 5.83. The number of methoxy groups -OCH3 is 3. The number of hydrogen-bond donors (Lipinski definition) is 1. The standard InChI is InChI=1S/C21H19NO6/c1-25-16-10-15-18(20(27-3)19(16)26-2)12(9-17(23)28-15)13-8-11-6-4-5-7-14(11)22-21(13)24/h4-8,10,12H,9H2,1-3H3,(H,22,24)/t12-/m1/s1. The largest absolute Gasteiger partial charge is 0.493 e. The molecule has 4 rings (SSSR count). The molecule has 28 heavy (non-hydrogen) atoms. The number of pyridine rings is 1. The molecule has 7 heteroatoms. The maximum absolute atomic E-state index is 12.8. The summed E-state index contributed by atoms with van der Waals surface area (Å²) in [5.41, 5.74) is 1.51. The number of H-pyrrole nitrogens is 1. The molecule has 0 fully saturated rings. The number of para-hydroxylation sites is 1. The number of aromatic nitrogens is 1. The van der Waals surface area contributed by atoms with Crippen LogP contribution in [0.5, 0.6) is 23.0 Å². The Balaban J connectivity index is 2.00. The van der Waals surface area contributed by atoms with E-state index in [-0.39, 0.29) is 12.0 Å². The zero-order valence-corrected chi connectivity index (χ0v) is 15.7. The van der Waals surface area contributed by atoms with Gasteiger partial charge in [-0.05, 0) is 17.5 Å². The van der Waals surface area contributed by atoms with E-state index in [1.807, 2.05) is 24.3 Å². The number of esters is 1. The van der Waals surface area contributed by atoms with Gasteiger partial charge >= 0.3 is 5.97 Å². The van der Waals surface area contributed by atoms with Gasteiger partial charge in [-0.15, -0.1) is 0 Å². The molecule has 0 saturated heterocycles. The second kappa shape index (κ2) is 6.92. The lowest BCUT2D eigenvalue weighted by Gasteiger charge is -2.28. The van der Waals surface area contributed by atoms with E-state index in [2.05, 4.69) is 4.98 Å². The molecule has 0 spiro atoms. The molecule has 0 aliphatic carbocycles. The van der Waals surface area contributed by atoms with E-state index in [1.54, 1.807) is 12.1 Å². The van der Waals surface area contributed by atoms with Crippen molar-refractivity contribution in [1.82, 2.24) is 4.98 Å². The first-order chi connectivity index (χ1) is 13.6. The minimum Gasteiger partial charge on any atom is -0.493 e. The average molecular weight is 381 g/mol. The molecule has 1 atom stereocenters. The predicted molar refractivity (Wildman–Crippen MR) is 103 cm³/mol. The summed E-state index contributed by atoms with van der Waals surface area (Å²) in [5, 5.41) is 0.872. The summed E-state index contributed by atoms with van der Waals surface area (Å²) in [7, 11) is 4.48. The normalized spacial score (nSPS) is 15.7. The van der Waals surface area contributed by atoms with Crippen LogP contribution in [0.1, 0.15) is 23.5 Å². The molecule has 1 aliphatic heterocycles. The van der Waals surface area contributed by atoms with Gasteiger partial charge in [-0.1, -0.05) is 18.2 Å². The van der Waals surface area contributed by atoms with Crippen molar-refractivity contribution in [3.05, 3.63) is 57.9 Å². The minimum atomic E-state index is -0.542. The lowest BCUT2D eigenvalue weighted by atomic mass is 9.85. The highest BCUT2D eigenvalue weighted by Crippen LogP contribution is 2.51. The van der Waals surface area contributed by atoms with Crippen LogP contribution in [-0.4, -0.2) is 32.3 Å². The molecule has 2 aromatic carbocycles. The van der Waals surface area contributed by atoms with E-state index in [9.17, 15) is 9.59 Å². The van der Waals surface area contributed by atoms with Crippen LogP contribution in [0.25, 0.3) is 10.9 Å². The van der Waals surface area contributed by atoms with Crippen molar-refractivity contribution in [3.8, 4) is 23.0 Å². The Labute approximate surface area is 160 Å². The lowest BCUT2D eigenvalue weighted by Crippen LogP contribution is -2.26. The fourth-order valence-corrected chi connectivity index (χ4v) is 3.69. The second-order valence-electron chi connectivity index (χ2n) is 6.43. The number of ether oxygens (including phenoxy) is 4. The van der Waals surface area contributed by atoms with Crippen LogP contribution in [0.2, 0.25) is 0 Å². The predicted octanol–water partition coefficient (Wildman–Crippen LogP) is 2.99. The lowest BCUT2D eigenvalue weighted by molar-refractivity contribution is -0.135. The van der Waals surface area contributed by atoms with Gasteiger partial charge in [-0.3, -0.25) is 9.59 Å². The highest BCUT2D eigenvalue weighted by atomic mass is 16.5. The zero-order chi connectivity index (χ0) is 19.8. The number of nitrogens with one attached hydrogen (secondary N) is 1. The third-order valence-electron chi connectivity index (χ3n) is 4.93. The average Bonchev–Trinajstić information content (AvgIpc) is 2.70. The molecular formula is C21H19NO6. The van der Waals surface area contributed by atoms with E-state index in [1.165, 1.54) is 21.3 Å². The van der Waals surface area contributed by atoms with E-state index in [4.69, 9.17) is 18.9 Å². The van der Waals surface area contributed by atoms with Gasteiger partial charge in [0, 0.05) is 28.6 Å². The number of fused-ring (bicyclic) bond motifs is 2. The zero-order valence-electron chi connectivity index (χ0n) is 15.7. The van der Waals surface area contributed by atoms with Gasteiger partial charge in [0.15, 0.2) is 11.5 Å². The maximum atomic E-state index is 12.8. The molecule has 0 radical (unpaired) electrons. The van der Waals surface area contributed by atoms with Gasteiger partial charge < -0.3 is 23.9 Å². The molecule has 3 aromatic rings. The van der Waals surface area contributed by atoms with E-state index >= 15 is 0 Å². The smallest absolute Gasteiger partial charge is 0.312 e. The number of carbonyl (C=O) groups is 1. The highest BCUT2D eigenvalue weighted by Gasteiger charge is 2.36. The van der Waals surface area contributed by atoms with Crippen LogP contribution in [0.4, 0.5) is 0 Å². The molecule has 1 aliphatic rings. The second-order valence-corrected chi connectivity index (χ2v) is 6.43. The molecule has 0 bridgehead atoms. The van der Waals surface area contributed by atoms with Gasteiger partial charge in [-0.2, -0.15) is 0 Å². The van der Waals surface area contributed by atoms with Crippen molar-refractivity contribution in [2.24, 2.45) is 0 Å². The Hall–Kier alpha value is -3.48. The van der Waals surface area contributed by atoms with Crippen molar-refractivity contribution in [1.29, 1.82) is 0 Å². The summed E-state index contributed by atoms with van der Waals surface area (Å²) in [5.74, 6) is 0.451. The topological polar surface area (TPSA) is 86.9 Å². The van der Waals surface area contributed by atoms with Gasteiger partial charge in [0.25, 0.3) is 5.56 Å². The number of benzene rings is 2. The molecule has 7 nitrogen and oxygen atoms in total. The van der Waals surface area contributed by atoms with Crippen molar-refractivity contribution in [2.45, 2.75) is 12.3 Å². The number of hydrogen-bond acceptors (Lipinski definition) is 6. The number of aromatic amines is 1. The Kier molecular flexibility index (Phi) is 4.43. The van der Waals surface area contributed by atoms with Crippen molar-refractivity contribution in [2.75, 3.05) is 21.3 Å². The quantitative estimate of drug-likeness (QED) is 0.552. The summed E-state index contributed by atoms with van der Waals surface area (Å²) in [6.07, 6.45) is 0.0142. The molecule has 0 amide bonds. The van der Waals surface area contributed by atoms with Crippen molar-refractivity contribution < 1.29 is 23.7 Å². The third kappa shape index (κ3) is 2.76. The monoisotopic (exact) mass is 381 g/mol. The molecule has 0 saturated carbocycles. The number of rotatable bonds is 4. The summed E-state index contributed by atoms with van der Waals surface area (Å²) in [6.45, 7) is 0. The van der Waals surface area contributed by atoms with E-state index < -0.39 is 11.9 Å². The fraction of sp³-hybridized carbons (Fsp3) is 0.238. The number of carbonyl (C=O) groups excluding carboxylic acids is 1. The van der Waals surface area contributed by atoms with Gasteiger partial charge in [0.2, 0.25) is 5.75 Å². The molecule has 1 aromatic heterocycles. The maximum Gasteiger partial charge on any atom is 0.312 e. The summed E-state index contributed by atoms with van der Waals surface area (Å²) >= 11 is 0. The SMILES string of the molecule is COc1cc2c(c(OC)c1OC)[C@@H](c1cc3ccccc3[nH]c1=O)CC(=O)O2. The van der Waals surface area contributed by atoms with E-state index in [0.717, 1.165) is 10.9 Å². The first kappa shape index (κ1) is 17.9. The van der Waals surface area contributed by atoms with Gasteiger partial charge in [0.05, 0.1) is 27.8 Å². The van der Waals surface area contributed by atoms with Crippen LogP contribution in [0, 0.1) is 0 Å². The van der Waals surface area contributed by atoms with Crippen LogP contribution in [0.15, 0.2) is 41.2 Å². The summed E-state index contributed by atoms with van der Waals surface area (Å²) in [6, 6.07) is 10.9. The Morgan fingerprint density at radius 2 is 1.75 bits per heavy atom. The van der Waals surface area contributed by atoms with Crippen molar-refractivity contribution >= 4 is 16.9 Å². The van der Waals surface area contributed by atoms with Crippen LogP contribution >= 0.6 is 0 Å². The van der Waals surface area contributed by atoms with Gasteiger partial charge in [-0.25, -0.2) is 0 Å². The molecule has 1 N–H and O–H groups in total. The minimum absolute atomic E-state index is 0.0142. The summed E-state index contributed by atoms with van der Waals surface area (Å²) < 4.78 is 21.8. The van der Waals surface area contributed by atoms with Crippen molar-refractivity contribution in [3.63, 3.8) is 0 Å². The molecule has 2 heterocycles. The van der Waals surface area contributed by atoms with Crippen LogP contribution < -0.4 is 24.5 Å². The van der Waals surface area contributed by atoms with Gasteiger partial charge in [0.1, 0.15) is 5.75 Å². The first-order valence-corrected chi connectivity index (χ1v) is 8.72. The fourth-order valence-electron chi connectivity index (χ4n) is 3.69. The molecule has 0 unspecified atom stereocenters. The van der Waals surface area contributed by atoms with E-state index in [0.29, 0.717) is 34.1 Å². The Morgan fingerprint density at radius 3 is 2.46 bits per heavy atom. The molecule has 144 valence electrons. The Bertz CT molecular complexity index is 1130. The Morgan fingerprint density at radius 1 is 1.00 bits per heavy atom. The first-order valence-electron chi connectivity index (χ1n) is 8.72.